The molecule has 1 aromatic heterocycles. The molecule has 31 heavy (non-hydrogen) atoms. The number of carbonyl (C=O) groups is 2. The minimum atomic E-state index is -0.384. The predicted octanol–water partition coefficient (Wildman–Crippen LogP) is 2.48. The second-order valence-corrected chi connectivity index (χ2v) is 8.02. The van der Waals surface area contributed by atoms with Gasteiger partial charge in [-0.2, -0.15) is 0 Å². The molecule has 3 heterocycles. The van der Waals surface area contributed by atoms with E-state index in [-0.39, 0.29) is 24.9 Å². The summed E-state index contributed by atoms with van der Waals surface area (Å²) in [5.41, 5.74) is 0.568. The van der Waals surface area contributed by atoms with Crippen LogP contribution in [0.5, 0.6) is 11.5 Å². The summed E-state index contributed by atoms with van der Waals surface area (Å²) < 4.78 is 11.7. The van der Waals surface area contributed by atoms with Crippen molar-refractivity contribution in [3.05, 3.63) is 41.0 Å². The number of carbonyl (C=O) groups excluding carboxylic acids is 2. The van der Waals surface area contributed by atoms with Gasteiger partial charge in [-0.25, -0.2) is 9.78 Å². The maximum atomic E-state index is 12.5. The van der Waals surface area contributed by atoms with Crippen LogP contribution in [0.25, 0.3) is 0 Å². The van der Waals surface area contributed by atoms with Crippen molar-refractivity contribution in [1.29, 1.82) is 0 Å². The summed E-state index contributed by atoms with van der Waals surface area (Å²) in [6.07, 6.45) is 2.02. The maximum absolute atomic E-state index is 12.5. The molecule has 164 valence electrons. The van der Waals surface area contributed by atoms with E-state index >= 15 is 0 Å². The van der Waals surface area contributed by atoms with Crippen molar-refractivity contribution in [2.45, 2.75) is 6.42 Å². The molecule has 0 bridgehead atoms. The van der Waals surface area contributed by atoms with Crippen LogP contribution in [0.2, 0.25) is 0 Å². The summed E-state index contributed by atoms with van der Waals surface area (Å²) in [7, 11) is 0. The Morgan fingerprint density at radius 3 is 2.52 bits per heavy atom. The van der Waals surface area contributed by atoms with Crippen LogP contribution in [0.3, 0.4) is 0 Å². The molecule has 10 heteroatoms. The highest BCUT2D eigenvalue weighted by atomic mass is 79.9. The fraction of sp³-hybridized carbons (Fsp3) is 0.381. The highest BCUT2D eigenvalue weighted by Gasteiger charge is 2.22. The van der Waals surface area contributed by atoms with E-state index in [4.69, 9.17) is 9.47 Å². The second-order valence-electron chi connectivity index (χ2n) is 7.16. The van der Waals surface area contributed by atoms with Gasteiger partial charge in [0.25, 0.3) is 0 Å². The van der Waals surface area contributed by atoms with Gasteiger partial charge in [0.2, 0.25) is 5.91 Å². The number of fused-ring (bicyclic) bond motifs is 1. The molecule has 0 atom stereocenters. The van der Waals surface area contributed by atoms with Gasteiger partial charge in [-0.05, 0) is 28.1 Å². The molecule has 3 amide bonds. The Hall–Kier alpha value is -3.01. The molecule has 1 fully saturated rings. The monoisotopic (exact) mass is 489 g/mol. The molecule has 2 aliphatic rings. The molecule has 1 aromatic carbocycles. The normalized spacial score (nSPS) is 15.4. The first-order chi connectivity index (χ1) is 15.1. The number of halogens is 1. The fourth-order valence-corrected chi connectivity index (χ4v) is 3.91. The summed E-state index contributed by atoms with van der Waals surface area (Å²) in [6, 6.07) is 8.91. The fourth-order valence-electron chi connectivity index (χ4n) is 3.49. The van der Waals surface area contributed by atoms with E-state index in [0.717, 1.165) is 18.9 Å². The second kappa shape index (κ2) is 9.86. The van der Waals surface area contributed by atoms with Crippen LogP contribution in [0, 0.1) is 0 Å². The smallest absolute Gasteiger partial charge is 0.319 e. The number of amides is 3. The number of pyridine rings is 1. The highest BCUT2D eigenvalue weighted by molar-refractivity contribution is 9.10. The molecule has 0 spiro atoms. The summed E-state index contributed by atoms with van der Waals surface area (Å²) in [6.45, 7) is 4.01. The maximum Gasteiger partial charge on any atom is 0.319 e. The van der Waals surface area contributed by atoms with Gasteiger partial charge in [-0.1, -0.05) is 6.07 Å². The van der Waals surface area contributed by atoms with E-state index in [2.05, 4.69) is 36.4 Å². The minimum absolute atomic E-state index is 0.0291. The Labute approximate surface area is 188 Å². The van der Waals surface area contributed by atoms with Gasteiger partial charge in [0.05, 0.1) is 5.69 Å². The molecule has 1 saturated heterocycles. The van der Waals surface area contributed by atoms with Gasteiger partial charge < -0.3 is 29.9 Å². The zero-order valence-corrected chi connectivity index (χ0v) is 18.6. The van der Waals surface area contributed by atoms with Gasteiger partial charge in [0.15, 0.2) is 11.5 Å². The first-order valence-electron chi connectivity index (χ1n) is 10.2. The van der Waals surface area contributed by atoms with Gasteiger partial charge >= 0.3 is 6.03 Å². The van der Waals surface area contributed by atoms with Crippen LogP contribution in [0.15, 0.2) is 41.0 Å². The number of hydrogen-bond acceptors (Lipinski definition) is 6. The van der Waals surface area contributed by atoms with E-state index < -0.39 is 0 Å². The van der Waals surface area contributed by atoms with E-state index in [1.807, 2.05) is 23.1 Å². The standard InChI is InChI=1S/C21H24BrN5O4/c22-15-13-17-18(31-12-11-30-17)14-16(15)25-21(29)24-6-4-20(28)27-9-7-26(8-10-27)19-3-1-2-5-23-19/h1-3,5,13-14H,4,6-12H2,(H2,24,25,29). The number of ether oxygens (including phenoxy) is 2. The molecular weight excluding hydrogens is 466 g/mol. The Balaban J connectivity index is 1.20. The average molecular weight is 490 g/mol. The molecule has 0 saturated carbocycles. The summed E-state index contributed by atoms with van der Waals surface area (Å²) >= 11 is 3.42. The molecule has 0 unspecified atom stereocenters. The summed E-state index contributed by atoms with van der Waals surface area (Å²) in [4.78, 5) is 33.1. The number of benzene rings is 1. The molecule has 2 N–H and O–H groups in total. The zero-order chi connectivity index (χ0) is 21.6. The number of piperazine rings is 1. The lowest BCUT2D eigenvalue weighted by molar-refractivity contribution is -0.131. The van der Waals surface area contributed by atoms with E-state index in [9.17, 15) is 9.59 Å². The van der Waals surface area contributed by atoms with Crippen LogP contribution >= 0.6 is 15.9 Å². The van der Waals surface area contributed by atoms with Crippen LogP contribution in [0.1, 0.15) is 6.42 Å². The number of hydrogen-bond donors (Lipinski definition) is 2. The minimum Gasteiger partial charge on any atom is -0.486 e. The van der Waals surface area contributed by atoms with Gasteiger partial charge in [-0.3, -0.25) is 4.79 Å². The third-order valence-corrected chi connectivity index (χ3v) is 5.77. The number of nitrogens with zero attached hydrogens (tertiary/aromatic N) is 3. The van der Waals surface area contributed by atoms with Crippen molar-refractivity contribution in [2.75, 3.05) is 56.2 Å². The summed E-state index contributed by atoms with van der Waals surface area (Å²) in [5.74, 6) is 2.18. The van der Waals surface area contributed by atoms with Crippen molar-refractivity contribution in [2.24, 2.45) is 0 Å². The lowest BCUT2D eigenvalue weighted by atomic mass is 10.2. The topological polar surface area (TPSA) is 96.0 Å². The molecule has 9 nitrogen and oxygen atoms in total. The first-order valence-corrected chi connectivity index (χ1v) is 11.0. The Bertz CT molecular complexity index is 935. The van der Waals surface area contributed by atoms with Crippen molar-refractivity contribution < 1.29 is 19.1 Å². The highest BCUT2D eigenvalue weighted by Crippen LogP contribution is 2.38. The SMILES string of the molecule is O=C(NCCC(=O)N1CCN(c2ccccn2)CC1)Nc1cc2c(cc1Br)OCCO2. The van der Waals surface area contributed by atoms with Crippen molar-refractivity contribution >= 4 is 39.4 Å². The largest absolute Gasteiger partial charge is 0.486 e. The van der Waals surface area contributed by atoms with E-state index in [0.29, 0.717) is 48.0 Å². The number of rotatable bonds is 5. The van der Waals surface area contributed by atoms with Crippen LogP contribution in [-0.4, -0.2) is 67.8 Å². The Morgan fingerprint density at radius 1 is 1.06 bits per heavy atom. The Morgan fingerprint density at radius 2 is 1.81 bits per heavy atom. The molecule has 0 radical (unpaired) electrons. The summed E-state index contributed by atoms with van der Waals surface area (Å²) in [5, 5.41) is 5.50. The van der Waals surface area contributed by atoms with Gasteiger partial charge in [-0.15, -0.1) is 0 Å². The lowest BCUT2D eigenvalue weighted by Gasteiger charge is -2.35. The third kappa shape index (κ3) is 5.38. The molecule has 2 aliphatic heterocycles. The van der Waals surface area contributed by atoms with E-state index in [1.54, 1.807) is 18.3 Å². The number of nitrogens with one attached hydrogen (secondary N) is 2. The van der Waals surface area contributed by atoms with Crippen molar-refractivity contribution in [1.82, 2.24) is 15.2 Å². The van der Waals surface area contributed by atoms with Crippen LogP contribution in [0.4, 0.5) is 16.3 Å². The predicted molar refractivity (Wildman–Crippen MR) is 120 cm³/mol. The lowest BCUT2D eigenvalue weighted by Crippen LogP contribution is -2.49. The quantitative estimate of drug-likeness (QED) is 0.669. The number of aromatic nitrogens is 1. The zero-order valence-electron chi connectivity index (χ0n) is 17.0. The molecule has 0 aliphatic carbocycles. The van der Waals surface area contributed by atoms with Crippen LogP contribution in [-0.2, 0) is 4.79 Å². The van der Waals surface area contributed by atoms with Gasteiger partial charge in [0, 0.05) is 61.9 Å². The average Bonchev–Trinajstić information content (AvgIpc) is 2.80. The third-order valence-electron chi connectivity index (χ3n) is 5.11. The Kier molecular flexibility index (Phi) is 6.76. The number of anilines is 2. The molecular formula is C21H24BrN5O4. The van der Waals surface area contributed by atoms with E-state index in [1.165, 1.54) is 0 Å². The van der Waals surface area contributed by atoms with Crippen molar-refractivity contribution in [3.63, 3.8) is 0 Å². The molecule has 2 aromatic rings. The first kappa shape index (κ1) is 21.2. The number of urea groups is 1. The van der Waals surface area contributed by atoms with Crippen LogP contribution < -0.4 is 25.0 Å². The van der Waals surface area contributed by atoms with Crippen molar-refractivity contribution in [3.8, 4) is 11.5 Å². The molecule has 4 rings (SSSR count). The van der Waals surface area contributed by atoms with Gasteiger partial charge in [0.1, 0.15) is 19.0 Å².